The minimum Gasteiger partial charge on any atom is -0.384 e. The van der Waals surface area contributed by atoms with Crippen LogP contribution in [0.25, 0.3) is 10.9 Å². The lowest BCUT2D eigenvalue weighted by molar-refractivity contribution is 0.248. The predicted molar refractivity (Wildman–Crippen MR) is 125 cm³/mol. The molecular formula is C25H25F2N5O. The molecule has 170 valence electrons. The molecule has 3 aromatic rings. The molecule has 1 aromatic heterocycles. The minimum atomic E-state index is -0.703. The molecule has 0 saturated carbocycles. The summed E-state index contributed by atoms with van der Waals surface area (Å²) in [5.74, 6) is -1.41. The first-order valence-electron chi connectivity index (χ1n) is 11.2. The highest BCUT2D eigenvalue weighted by molar-refractivity contribution is 5.96. The molecule has 0 unspecified atom stereocenters. The molecule has 2 aliphatic heterocycles. The van der Waals surface area contributed by atoms with Gasteiger partial charge in [-0.05, 0) is 49.1 Å². The zero-order chi connectivity index (χ0) is 23.1. The number of aromatic amines is 1. The fraction of sp³-hybridized carbons (Fsp3) is 0.360. The summed E-state index contributed by atoms with van der Waals surface area (Å²) in [7, 11) is 0. The molecule has 0 aliphatic carbocycles. The van der Waals surface area contributed by atoms with Crippen molar-refractivity contribution in [3.05, 3.63) is 68.5 Å². The van der Waals surface area contributed by atoms with Gasteiger partial charge >= 0.3 is 0 Å². The van der Waals surface area contributed by atoms with Crippen LogP contribution in [0.5, 0.6) is 0 Å². The summed E-state index contributed by atoms with van der Waals surface area (Å²) in [5.41, 5.74) is 4.73. The van der Waals surface area contributed by atoms with Gasteiger partial charge in [-0.15, -0.1) is 0 Å². The number of halogens is 2. The third-order valence-corrected chi connectivity index (χ3v) is 6.62. The lowest BCUT2D eigenvalue weighted by atomic mass is 9.97. The van der Waals surface area contributed by atoms with Gasteiger partial charge in [-0.25, -0.2) is 8.78 Å². The number of rotatable bonds is 3. The van der Waals surface area contributed by atoms with E-state index in [1.807, 2.05) is 6.07 Å². The maximum Gasteiger partial charge on any atom is 0.253 e. The number of fused-ring (bicyclic) bond motifs is 3. The molecule has 2 aliphatic rings. The average Bonchev–Trinajstić information content (AvgIpc) is 2.79. The van der Waals surface area contributed by atoms with Gasteiger partial charge in [0.25, 0.3) is 5.56 Å². The Balaban J connectivity index is 1.34. The van der Waals surface area contributed by atoms with Crippen LogP contribution in [0.3, 0.4) is 0 Å². The molecule has 8 heteroatoms. The highest BCUT2D eigenvalue weighted by Crippen LogP contribution is 2.31. The topological polar surface area (TPSA) is 75.2 Å². The van der Waals surface area contributed by atoms with Crippen LogP contribution in [-0.4, -0.2) is 42.6 Å². The largest absolute Gasteiger partial charge is 0.384 e. The van der Waals surface area contributed by atoms with Gasteiger partial charge in [-0.1, -0.05) is 6.07 Å². The van der Waals surface area contributed by atoms with E-state index in [1.54, 1.807) is 11.0 Å². The lowest BCUT2D eigenvalue weighted by Gasteiger charge is -2.36. The molecule has 33 heavy (non-hydrogen) atoms. The summed E-state index contributed by atoms with van der Waals surface area (Å²) < 4.78 is 28.8. The molecule has 2 N–H and O–H groups in total. The van der Waals surface area contributed by atoms with Crippen molar-refractivity contribution in [1.82, 2.24) is 9.88 Å². The van der Waals surface area contributed by atoms with E-state index < -0.39 is 11.6 Å². The molecule has 0 radical (unpaired) electrons. The number of piperazine rings is 1. The zero-order valence-corrected chi connectivity index (χ0v) is 18.5. The molecular weight excluding hydrogens is 424 g/mol. The molecule has 0 atom stereocenters. The predicted octanol–water partition coefficient (Wildman–Crippen LogP) is 3.67. The van der Waals surface area contributed by atoms with Gasteiger partial charge in [0.05, 0.1) is 22.8 Å². The number of pyridine rings is 1. The number of aryl methyl sites for hydroxylation is 1. The molecule has 0 spiro atoms. The Morgan fingerprint density at radius 3 is 2.52 bits per heavy atom. The van der Waals surface area contributed by atoms with Gasteiger partial charge in [0.1, 0.15) is 5.69 Å². The Kier molecular flexibility index (Phi) is 5.51. The fourth-order valence-electron chi connectivity index (χ4n) is 5.08. The van der Waals surface area contributed by atoms with E-state index in [2.05, 4.69) is 28.2 Å². The molecule has 1 fully saturated rings. The Morgan fingerprint density at radius 1 is 1.09 bits per heavy atom. The fourth-order valence-corrected chi connectivity index (χ4v) is 5.08. The Hall–Kier alpha value is -3.44. The van der Waals surface area contributed by atoms with Crippen molar-refractivity contribution in [2.45, 2.75) is 26.3 Å². The first-order chi connectivity index (χ1) is 15.9. The third-order valence-electron chi connectivity index (χ3n) is 6.62. The van der Waals surface area contributed by atoms with Gasteiger partial charge in [0, 0.05) is 50.2 Å². The van der Waals surface area contributed by atoms with Gasteiger partial charge in [-0.3, -0.25) is 9.69 Å². The maximum absolute atomic E-state index is 14.4. The molecule has 2 aromatic carbocycles. The van der Waals surface area contributed by atoms with E-state index in [4.69, 9.17) is 5.26 Å². The van der Waals surface area contributed by atoms with Crippen molar-refractivity contribution in [3.8, 4) is 6.07 Å². The molecule has 5 rings (SSSR count). The van der Waals surface area contributed by atoms with Gasteiger partial charge in [0.15, 0.2) is 11.6 Å². The van der Waals surface area contributed by atoms with Crippen LogP contribution in [0.15, 0.2) is 29.1 Å². The Labute approximate surface area is 190 Å². The number of benzene rings is 2. The Bertz CT molecular complexity index is 1310. The van der Waals surface area contributed by atoms with Crippen LogP contribution in [0, 0.1) is 29.9 Å². The highest BCUT2D eigenvalue weighted by atomic mass is 19.1. The second kappa shape index (κ2) is 8.49. The van der Waals surface area contributed by atoms with Crippen LogP contribution in [-0.2, 0) is 13.0 Å². The van der Waals surface area contributed by atoms with E-state index in [-0.39, 0.29) is 16.8 Å². The number of H-pyrrole nitrogens is 1. The van der Waals surface area contributed by atoms with Crippen molar-refractivity contribution < 1.29 is 8.78 Å². The van der Waals surface area contributed by atoms with Crippen molar-refractivity contribution >= 4 is 22.3 Å². The lowest BCUT2D eigenvalue weighted by Crippen LogP contribution is -2.46. The molecule has 0 bridgehead atoms. The number of nitrogens with one attached hydrogen (secondary N) is 2. The van der Waals surface area contributed by atoms with Crippen molar-refractivity contribution in [2.75, 3.05) is 42.9 Å². The van der Waals surface area contributed by atoms with Crippen LogP contribution < -0.4 is 15.8 Å². The molecule has 6 nitrogen and oxygen atoms in total. The quantitative estimate of drug-likeness (QED) is 0.638. The van der Waals surface area contributed by atoms with E-state index >= 15 is 0 Å². The average molecular weight is 450 g/mol. The van der Waals surface area contributed by atoms with Crippen LogP contribution in [0.2, 0.25) is 0 Å². The number of hydrogen-bond acceptors (Lipinski definition) is 5. The standard InChI is InChI=1S/C25H25F2N5O/c1-15-9-17(12-21-22(15)23-18(25(33)30-21)3-2-4-29-23)14-31-5-7-32(8-6-31)24-19(26)10-16(13-28)11-20(24)27/h9-12,29H,2-8,14H2,1H3,(H,30,33). The molecule has 0 amide bonds. The maximum atomic E-state index is 14.4. The van der Waals surface area contributed by atoms with Gasteiger partial charge in [-0.2, -0.15) is 5.26 Å². The number of nitriles is 1. The van der Waals surface area contributed by atoms with E-state index in [0.717, 1.165) is 64.8 Å². The van der Waals surface area contributed by atoms with Crippen LogP contribution >= 0.6 is 0 Å². The second-order valence-electron chi connectivity index (χ2n) is 8.84. The summed E-state index contributed by atoms with van der Waals surface area (Å²) in [5, 5.41) is 13.4. The summed E-state index contributed by atoms with van der Waals surface area (Å²) in [6.45, 7) is 5.90. The number of hydrogen-bond donors (Lipinski definition) is 2. The minimum absolute atomic E-state index is 0.0198. The highest BCUT2D eigenvalue weighted by Gasteiger charge is 2.24. The number of anilines is 2. The first-order valence-corrected chi connectivity index (χ1v) is 11.2. The monoisotopic (exact) mass is 449 g/mol. The smallest absolute Gasteiger partial charge is 0.253 e. The summed E-state index contributed by atoms with van der Waals surface area (Å²) in [4.78, 5) is 19.6. The normalized spacial score (nSPS) is 16.4. The summed E-state index contributed by atoms with van der Waals surface area (Å²) >= 11 is 0. The van der Waals surface area contributed by atoms with Gasteiger partial charge in [0.2, 0.25) is 0 Å². The number of aromatic nitrogens is 1. The first kappa shape index (κ1) is 21.4. The van der Waals surface area contributed by atoms with Crippen LogP contribution in [0.1, 0.15) is 28.7 Å². The Morgan fingerprint density at radius 2 is 1.82 bits per heavy atom. The zero-order valence-electron chi connectivity index (χ0n) is 18.5. The van der Waals surface area contributed by atoms with Crippen molar-refractivity contribution in [1.29, 1.82) is 5.26 Å². The van der Waals surface area contributed by atoms with Crippen LogP contribution in [0.4, 0.5) is 20.2 Å². The van der Waals surface area contributed by atoms with Crippen molar-refractivity contribution in [3.63, 3.8) is 0 Å². The second-order valence-corrected chi connectivity index (χ2v) is 8.84. The molecule has 1 saturated heterocycles. The van der Waals surface area contributed by atoms with E-state index in [0.29, 0.717) is 32.7 Å². The summed E-state index contributed by atoms with van der Waals surface area (Å²) in [6.07, 6.45) is 1.75. The van der Waals surface area contributed by atoms with Crippen molar-refractivity contribution in [2.24, 2.45) is 0 Å². The molecule has 3 heterocycles. The number of nitrogens with zero attached hydrogens (tertiary/aromatic N) is 3. The van der Waals surface area contributed by atoms with E-state index in [9.17, 15) is 13.6 Å². The van der Waals surface area contributed by atoms with Gasteiger partial charge < -0.3 is 15.2 Å². The SMILES string of the molecule is Cc1cc(CN2CCN(c3c(F)cc(C#N)cc3F)CC2)cc2[nH]c(=O)c3c(c12)NCCC3. The van der Waals surface area contributed by atoms with E-state index in [1.165, 1.54) is 0 Å². The third kappa shape index (κ3) is 3.93. The summed E-state index contributed by atoms with van der Waals surface area (Å²) in [6, 6.07) is 8.13.